The molecule has 0 saturated heterocycles. The molecular weight excluding hydrogens is 291 g/mol. The van der Waals surface area contributed by atoms with Gasteiger partial charge in [0.2, 0.25) is 5.69 Å². The summed E-state index contributed by atoms with van der Waals surface area (Å²) in [5.41, 5.74) is -2.06. The van der Waals surface area contributed by atoms with E-state index in [0.717, 1.165) is 17.3 Å². The predicted molar refractivity (Wildman–Crippen MR) is 78.0 cm³/mol. The Hall–Kier alpha value is 1.56. The van der Waals surface area contributed by atoms with Gasteiger partial charge in [-0.3, -0.25) is 0 Å². The lowest BCUT2D eigenvalue weighted by atomic mass is 10.9. The molecule has 0 N–H and O–H groups in total. The lowest BCUT2D eigenvalue weighted by molar-refractivity contribution is 0.280. The van der Waals surface area contributed by atoms with Crippen LogP contribution in [-0.2, 0) is 20.9 Å². The van der Waals surface area contributed by atoms with Crippen LogP contribution < -0.4 is 0 Å². The van der Waals surface area contributed by atoms with Gasteiger partial charge < -0.3 is 9.05 Å². The second-order valence-electron chi connectivity index (χ2n) is 2.42. The third kappa shape index (κ3) is 9.28. The van der Waals surface area contributed by atoms with Crippen LogP contribution in [0.1, 0.15) is 13.8 Å². The second-order valence-corrected chi connectivity index (χ2v) is 10.4. The Morgan fingerprint density at radius 2 is 1.73 bits per heavy atom. The third-order valence-corrected chi connectivity index (χ3v) is 8.49. The molecule has 2 nitrogen and oxygen atoms in total. The molecule has 0 amide bonds. The van der Waals surface area contributed by atoms with E-state index in [0.29, 0.717) is 19.1 Å². The van der Waals surface area contributed by atoms with Crippen molar-refractivity contribution in [2.75, 3.05) is 36.4 Å². The quantitative estimate of drug-likeness (QED) is 0.344. The number of thioether (sulfide) groups is 1. The summed E-state index contributed by atoms with van der Waals surface area (Å²) in [5.74, 6) is 3.73. The molecule has 0 unspecified atom stereocenters. The fraction of sp³-hybridized carbons (Fsp3) is 1.00. The van der Waals surface area contributed by atoms with Crippen LogP contribution in [-0.4, -0.2) is 36.4 Å². The van der Waals surface area contributed by atoms with Gasteiger partial charge in [0.15, 0.2) is 0 Å². The maximum atomic E-state index is 5.58. The summed E-state index contributed by atoms with van der Waals surface area (Å²) in [6.07, 6.45) is 0. The zero-order chi connectivity index (χ0) is 11.6. The first-order chi connectivity index (χ1) is 7.18. The molecule has 15 heavy (non-hydrogen) atoms. The lowest BCUT2D eigenvalue weighted by Gasteiger charge is -2.19. The van der Waals surface area contributed by atoms with Crippen molar-refractivity contribution in [2.45, 2.75) is 13.8 Å². The number of alkyl halides is 1. The van der Waals surface area contributed by atoms with Crippen LogP contribution >= 0.6 is 40.4 Å². The summed E-state index contributed by atoms with van der Waals surface area (Å²) < 4.78 is 11.0. The van der Waals surface area contributed by atoms with Crippen molar-refractivity contribution in [3.05, 3.63) is 0 Å². The molecule has 0 aliphatic rings. The Kier molecular flexibility index (Phi) is 11.8. The standard InChI is InChI=1S/C8H18ClO2PS3/c1-3-10-12(13,11-4-2)15-8-7-14-6-5-9/h3-8H2,1-2H3. The molecule has 0 bridgehead atoms. The molecule has 0 aliphatic carbocycles. The normalized spacial score (nSPS) is 11.9. The minimum Gasteiger partial charge on any atom is -0.322 e. The monoisotopic (exact) mass is 308 g/mol. The van der Waals surface area contributed by atoms with E-state index in [-0.39, 0.29) is 0 Å². The fourth-order valence-corrected chi connectivity index (χ4v) is 7.01. The highest BCUT2D eigenvalue weighted by Crippen LogP contribution is 2.60. The molecule has 0 heterocycles. The summed E-state index contributed by atoms with van der Waals surface area (Å²) in [4.78, 5) is 0. The van der Waals surface area contributed by atoms with E-state index in [1.165, 1.54) is 0 Å². The molecule has 0 aliphatic heterocycles. The van der Waals surface area contributed by atoms with Gasteiger partial charge in [-0.2, -0.15) is 11.8 Å². The van der Waals surface area contributed by atoms with Crippen LogP contribution in [0, 0.1) is 0 Å². The number of halogens is 1. The fourth-order valence-electron chi connectivity index (χ4n) is 0.793. The van der Waals surface area contributed by atoms with Crippen LogP contribution in [0.3, 0.4) is 0 Å². The molecule has 0 saturated carbocycles. The molecule has 0 aromatic heterocycles. The lowest BCUT2D eigenvalue weighted by Crippen LogP contribution is -1.94. The number of rotatable bonds is 10. The number of hydrogen-bond acceptors (Lipinski definition) is 5. The van der Waals surface area contributed by atoms with Crippen molar-refractivity contribution in [2.24, 2.45) is 0 Å². The summed E-state index contributed by atoms with van der Waals surface area (Å²) in [6, 6.07) is 0. The van der Waals surface area contributed by atoms with E-state index in [1.54, 1.807) is 11.4 Å². The van der Waals surface area contributed by atoms with Gasteiger partial charge in [-0.05, 0) is 25.7 Å². The van der Waals surface area contributed by atoms with Gasteiger partial charge in [-0.25, -0.2) is 0 Å². The number of hydrogen-bond donors (Lipinski definition) is 0. The van der Waals surface area contributed by atoms with Crippen LogP contribution in [0.15, 0.2) is 0 Å². The van der Waals surface area contributed by atoms with E-state index in [4.69, 9.17) is 32.5 Å². The summed E-state index contributed by atoms with van der Waals surface area (Å²) in [6.45, 7) is 5.14. The highest BCUT2D eigenvalue weighted by Gasteiger charge is 2.17. The second kappa shape index (κ2) is 10.7. The Morgan fingerprint density at radius 1 is 1.13 bits per heavy atom. The first-order valence-electron chi connectivity index (χ1n) is 4.86. The smallest absolute Gasteiger partial charge is 0.247 e. The highest BCUT2D eigenvalue weighted by atomic mass is 35.5. The molecular formula is C8H18ClO2PS3. The van der Waals surface area contributed by atoms with Crippen molar-refractivity contribution in [3.8, 4) is 0 Å². The Labute approximate surface area is 111 Å². The minimum atomic E-state index is -2.06. The van der Waals surface area contributed by atoms with Gasteiger partial charge >= 0.3 is 0 Å². The maximum absolute atomic E-state index is 5.58. The molecule has 0 rings (SSSR count). The summed E-state index contributed by atoms with van der Waals surface area (Å²) in [7, 11) is 0. The zero-order valence-electron chi connectivity index (χ0n) is 9.11. The van der Waals surface area contributed by atoms with Crippen LogP contribution in [0.4, 0.5) is 0 Å². The van der Waals surface area contributed by atoms with Gasteiger partial charge in [0, 0.05) is 23.1 Å². The van der Waals surface area contributed by atoms with Gasteiger partial charge in [0.25, 0.3) is 0 Å². The van der Waals surface area contributed by atoms with Crippen molar-refractivity contribution in [1.82, 2.24) is 0 Å². The van der Waals surface area contributed by atoms with E-state index in [2.05, 4.69) is 0 Å². The first kappa shape index (κ1) is 16.6. The van der Waals surface area contributed by atoms with E-state index < -0.39 is 5.69 Å². The van der Waals surface area contributed by atoms with Crippen molar-refractivity contribution in [3.63, 3.8) is 0 Å². The first-order valence-corrected chi connectivity index (χ1v) is 10.8. The highest BCUT2D eigenvalue weighted by molar-refractivity contribution is 8.68. The summed E-state index contributed by atoms with van der Waals surface area (Å²) in [5, 5.41) is 0. The van der Waals surface area contributed by atoms with E-state index in [9.17, 15) is 0 Å². The van der Waals surface area contributed by atoms with E-state index >= 15 is 0 Å². The van der Waals surface area contributed by atoms with Gasteiger partial charge in [0.1, 0.15) is 0 Å². The molecule has 0 aromatic carbocycles. The SMILES string of the molecule is CCOP(=S)(OCC)SCCSCCCl. The minimum absolute atomic E-state index is 0.624. The van der Waals surface area contributed by atoms with Gasteiger partial charge in [-0.1, -0.05) is 11.4 Å². The third-order valence-electron chi connectivity index (χ3n) is 1.27. The largest absolute Gasteiger partial charge is 0.322 e. The van der Waals surface area contributed by atoms with Crippen molar-refractivity contribution in [1.29, 1.82) is 0 Å². The van der Waals surface area contributed by atoms with Crippen molar-refractivity contribution < 1.29 is 9.05 Å². The zero-order valence-corrected chi connectivity index (χ0v) is 13.2. The molecule has 0 atom stereocenters. The van der Waals surface area contributed by atoms with Gasteiger partial charge in [-0.15, -0.1) is 11.6 Å². The predicted octanol–water partition coefficient (Wildman–Crippen LogP) is 3.99. The molecule has 0 fully saturated rings. The van der Waals surface area contributed by atoms with Crippen LogP contribution in [0.25, 0.3) is 0 Å². The maximum Gasteiger partial charge on any atom is 0.247 e. The molecule has 92 valence electrons. The molecule has 0 spiro atoms. The molecule has 0 aromatic rings. The Balaban J connectivity index is 3.71. The average Bonchev–Trinajstić information content (AvgIpc) is 2.18. The topological polar surface area (TPSA) is 18.5 Å². The van der Waals surface area contributed by atoms with Crippen LogP contribution in [0.5, 0.6) is 0 Å². The Bertz CT molecular complexity index is 185. The van der Waals surface area contributed by atoms with E-state index in [1.807, 2.05) is 25.6 Å². The molecule has 7 heteroatoms. The summed E-state index contributed by atoms with van der Waals surface area (Å²) >= 11 is 14.4. The van der Waals surface area contributed by atoms with Crippen molar-refractivity contribution >= 4 is 52.2 Å². The Morgan fingerprint density at radius 3 is 2.20 bits per heavy atom. The average molecular weight is 309 g/mol. The van der Waals surface area contributed by atoms with Gasteiger partial charge in [0.05, 0.1) is 13.2 Å². The van der Waals surface area contributed by atoms with Crippen LogP contribution in [0.2, 0.25) is 0 Å². The molecule has 0 radical (unpaired) electrons.